The lowest BCUT2D eigenvalue weighted by Gasteiger charge is -2.50. The van der Waals surface area contributed by atoms with Crippen LogP contribution in [-0.4, -0.2) is 188 Å². The molecule has 0 aromatic rings. The predicted molar refractivity (Wildman–Crippen MR) is 161 cm³/mol. The van der Waals surface area contributed by atoms with Crippen molar-refractivity contribution in [2.75, 3.05) is 85.1 Å². The highest BCUT2D eigenvalue weighted by Gasteiger charge is 2.99. The number of carbonyl (C=O) groups is 7. The number of nitrogens with zero attached hydrogens (tertiary/aromatic N) is 4. The summed E-state index contributed by atoms with van der Waals surface area (Å²) in [5.74, 6) is -6.99. The number of hydrogen-bond donors (Lipinski definition) is 8. The molecule has 0 bridgehead atoms. The summed E-state index contributed by atoms with van der Waals surface area (Å²) in [7, 11) is 0. The molecule has 0 radical (unpaired) electrons. The van der Waals surface area contributed by atoms with E-state index in [2.05, 4.69) is 22.9 Å². The van der Waals surface area contributed by atoms with Crippen LogP contribution in [0.1, 0.15) is 39.0 Å². The Morgan fingerprint density at radius 2 is 1.04 bits per heavy atom. The predicted octanol–water partition coefficient (Wildman–Crippen LogP) is -2.53. The van der Waals surface area contributed by atoms with Gasteiger partial charge in [-0.15, -0.1) is 13.4 Å². The summed E-state index contributed by atoms with van der Waals surface area (Å²) in [6.07, 6.45) is -0.248. The van der Waals surface area contributed by atoms with Gasteiger partial charge < -0.3 is 41.5 Å². The van der Waals surface area contributed by atoms with Crippen LogP contribution >= 0.6 is 0 Å². The maximum absolute atomic E-state index is 13.6. The van der Waals surface area contributed by atoms with E-state index in [1.54, 1.807) is 0 Å². The summed E-state index contributed by atoms with van der Waals surface area (Å²) >= 11 is 0. The van der Waals surface area contributed by atoms with Gasteiger partial charge in [-0.05, 0) is 32.6 Å². The number of carbonyl (C=O) groups excluding carboxylic acids is 2. The molecule has 4 heterocycles. The Morgan fingerprint density at radius 1 is 0.604 bits per heavy atom. The molecule has 19 heteroatoms. The fourth-order valence-corrected chi connectivity index (χ4v) is 9.89. The maximum Gasteiger partial charge on any atom is 0.482 e. The van der Waals surface area contributed by atoms with E-state index in [4.69, 9.17) is 5.11 Å². The van der Waals surface area contributed by atoms with Crippen molar-refractivity contribution in [1.29, 1.82) is 0 Å². The molecule has 4 saturated heterocycles. The highest BCUT2D eigenvalue weighted by Crippen LogP contribution is 2.62. The van der Waals surface area contributed by atoms with Crippen molar-refractivity contribution >= 4 is 41.8 Å². The van der Waals surface area contributed by atoms with E-state index in [-0.39, 0.29) is 60.3 Å². The number of urea groups is 1. The third-order valence-corrected chi connectivity index (χ3v) is 11.4. The molecule has 4 rings (SSSR count). The zero-order valence-corrected chi connectivity index (χ0v) is 27.3. The topological polar surface area (TPSA) is 257 Å². The Balaban J connectivity index is 1.38. The van der Waals surface area contributed by atoms with Crippen molar-refractivity contribution in [3.8, 4) is 0 Å². The number of rotatable bonds is 19. The Kier molecular flexibility index (Phi) is 10.6. The van der Waals surface area contributed by atoms with Crippen LogP contribution < -0.4 is 16.0 Å². The van der Waals surface area contributed by atoms with Crippen LogP contribution in [0.3, 0.4) is 0 Å². The van der Waals surface area contributed by atoms with Crippen LogP contribution in [0.2, 0.25) is 0 Å². The van der Waals surface area contributed by atoms with Gasteiger partial charge in [0.05, 0.1) is 6.54 Å². The molecule has 4 aliphatic rings. The minimum absolute atomic E-state index is 0.0184. The van der Waals surface area contributed by atoms with E-state index in [0.29, 0.717) is 61.2 Å². The van der Waals surface area contributed by atoms with Crippen LogP contribution in [0.15, 0.2) is 0 Å². The van der Waals surface area contributed by atoms with E-state index in [9.17, 15) is 54.0 Å². The molecular weight excluding hydrogens is 638 g/mol. The summed E-state index contributed by atoms with van der Waals surface area (Å²) in [6.45, 7) is 7.67. The van der Waals surface area contributed by atoms with E-state index in [1.807, 2.05) is 0 Å². The first kappa shape index (κ1) is 36.8. The van der Waals surface area contributed by atoms with Crippen LogP contribution in [0.5, 0.6) is 0 Å². The number of unbranched alkanes of at least 4 members (excludes halogenated alkanes) is 1. The van der Waals surface area contributed by atoms with Crippen molar-refractivity contribution in [3.63, 3.8) is 0 Å². The quantitative estimate of drug-likeness (QED) is 0.0517. The van der Waals surface area contributed by atoms with Crippen molar-refractivity contribution in [3.05, 3.63) is 0 Å². The molecule has 7 atom stereocenters. The zero-order valence-electron chi connectivity index (χ0n) is 27.3. The Hall–Kier alpha value is -4.07. The second-order valence-corrected chi connectivity index (χ2v) is 13.7. The molecule has 3 amide bonds. The van der Waals surface area contributed by atoms with Crippen LogP contribution in [0.25, 0.3) is 0 Å². The molecule has 0 aromatic carbocycles. The van der Waals surface area contributed by atoms with Gasteiger partial charge >= 0.3 is 41.8 Å². The van der Waals surface area contributed by atoms with E-state index < -0.39 is 60.3 Å². The molecule has 48 heavy (non-hydrogen) atoms. The minimum Gasteiger partial charge on any atom is -0.481 e. The fraction of sp³-hybridized carbons (Fsp3) is 0.759. The molecule has 0 saturated carbocycles. The average molecular weight is 688 g/mol. The molecular formula is C29H49N7O12+4. The molecule has 4 unspecified atom stereocenters. The van der Waals surface area contributed by atoms with E-state index in [0.717, 1.165) is 13.1 Å². The fourth-order valence-electron chi connectivity index (χ4n) is 9.89. The Bertz CT molecular complexity index is 1320. The van der Waals surface area contributed by atoms with Crippen molar-refractivity contribution < 1.29 is 77.0 Å². The van der Waals surface area contributed by atoms with E-state index >= 15 is 0 Å². The molecule has 1 spiro atoms. The van der Waals surface area contributed by atoms with Gasteiger partial charge in [0.15, 0.2) is 19.6 Å². The van der Waals surface area contributed by atoms with Crippen molar-refractivity contribution in [2.45, 2.75) is 57.0 Å². The van der Waals surface area contributed by atoms with Gasteiger partial charge in [0.25, 0.3) is 5.91 Å². The van der Waals surface area contributed by atoms with Gasteiger partial charge in [-0.1, -0.05) is 0 Å². The number of quaternary nitrogens is 4. The summed E-state index contributed by atoms with van der Waals surface area (Å²) in [5.41, 5.74) is 0. The first-order chi connectivity index (χ1) is 22.5. The summed E-state index contributed by atoms with van der Waals surface area (Å²) < 4.78 is 1.45. The lowest BCUT2D eigenvalue weighted by molar-refractivity contribution is -1.36. The number of carboxylic acid groups (broad SMARTS) is 5. The number of carboxylic acids is 5. The minimum atomic E-state index is -1.51. The Labute approximate surface area is 277 Å². The van der Waals surface area contributed by atoms with Gasteiger partial charge in [0.2, 0.25) is 0 Å². The number of amides is 3. The number of aliphatic carboxylic acids is 5. The van der Waals surface area contributed by atoms with Crippen LogP contribution in [0.4, 0.5) is 4.79 Å². The summed E-state index contributed by atoms with van der Waals surface area (Å²) in [5, 5.41) is 54.9. The lowest BCUT2D eigenvalue weighted by atomic mass is 10.1. The van der Waals surface area contributed by atoms with Crippen LogP contribution in [-0.2, 0) is 28.8 Å². The first-order valence-corrected chi connectivity index (χ1v) is 16.4. The maximum atomic E-state index is 13.6. The number of hydrogen-bond acceptors (Lipinski definition) is 7. The monoisotopic (exact) mass is 687 g/mol. The van der Waals surface area contributed by atoms with Gasteiger partial charge in [-0.2, -0.15) is 4.48 Å². The standard InChI is InChI=1S/C29H45N7O12/c1-2-33-9-11-34(13-14-36(19-25(42)43)16-15-35(12-10-33,18-24(40)41)29(33,34)36)17-22(37)30-8-4-3-5-20(26(44)45)31-28(48)32-21(27(46)47)6-7-23(38)39/h20-21H,2-19H2,1H3,(H4-4,30,31,32,37,38,39,40,41,42,43,44,45,46,47,48)/p+4/t20-,21-,29-,33?,34?,35?,36?/m0/s1. The molecule has 4 fully saturated rings. The smallest absolute Gasteiger partial charge is 0.481 e. The normalized spacial score (nSPS) is 32.4. The first-order valence-electron chi connectivity index (χ1n) is 16.4. The van der Waals surface area contributed by atoms with Gasteiger partial charge in [0, 0.05) is 13.0 Å². The van der Waals surface area contributed by atoms with Gasteiger partial charge in [-0.3, -0.25) is 9.59 Å². The van der Waals surface area contributed by atoms with E-state index in [1.165, 1.54) is 0 Å². The van der Waals surface area contributed by atoms with Crippen LogP contribution in [0, 0.1) is 0 Å². The third kappa shape index (κ3) is 6.14. The molecule has 0 aromatic heterocycles. The highest BCUT2D eigenvalue weighted by molar-refractivity contribution is 5.86. The largest absolute Gasteiger partial charge is 0.482 e. The summed E-state index contributed by atoms with van der Waals surface area (Å²) in [6, 6.07) is -3.93. The van der Waals surface area contributed by atoms with Gasteiger partial charge in [-0.25, -0.2) is 24.0 Å². The Morgan fingerprint density at radius 3 is 1.46 bits per heavy atom. The lowest BCUT2D eigenvalue weighted by Crippen LogP contribution is -2.85. The number of nitrogens with one attached hydrogen (secondary N) is 3. The van der Waals surface area contributed by atoms with Crippen molar-refractivity contribution in [2.24, 2.45) is 0 Å². The van der Waals surface area contributed by atoms with Crippen molar-refractivity contribution in [1.82, 2.24) is 16.0 Å². The average Bonchev–Trinajstić information content (AvgIpc) is 3.63. The molecule has 8 N–H and O–H groups in total. The molecule has 268 valence electrons. The molecule has 19 nitrogen and oxygen atoms in total. The second-order valence-electron chi connectivity index (χ2n) is 13.7. The highest BCUT2D eigenvalue weighted by atomic mass is 16.4. The third-order valence-electron chi connectivity index (χ3n) is 11.4. The summed E-state index contributed by atoms with van der Waals surface area (Å²) in [4.78, 5) is 84.3. The SMILES string of the molecule is CC[N+]12CC[N+]3(CC(=O)O)CC[N+]4(CC(=O)O)CC[N+](CC(=O)NCCCC[C@H](NC(=O)N[C@@H](CCC(=O)O)C(=O)O)C(=O)O)(CC1)[C@@]234. The second kappa shape index (κ2) is 13.8. The zero-order chi connectivity index (χ0) is 35.5. The number of likely N-dealkylation sites (N-methyl/N-ethyl adjacent to an activating group) is 1. The molecule has 4 aliphatic heterocycles. The van der Waals surface area contributed by atoms with Gasteiger partial charge in [0.1, 0.15) is 64.4 Å². The molecule has 0 aliphatic carbocycles.